The average molecular weight is 246 g/mol. The van der Waals surface area contributed by atoms with Gasteiger partial charge < -0.3 is 0 Å². The number of aliphatic imine (C=N–C) groups is 1. The van der Waals surface area contributed by atoms with E-state index in [1.807, 2.05) is 12.4 Å². The first-order valence-corrected chi connectivity index (χ1v) is 6.62. The quantitative estimate of drug-likeness (QED) is 0.754. The lowest BCUT2D eigenvalue weighted by Crippen LogP contribution is -1.94. The standard InChI is InChI=1S/C17H14N2/c1-11-2-3-12-4-5-13(8-15(11)12)14-6-7-19-17-10-18-9-16(14)17/h4-9H,1-3,10H2. The van der Waals surface area contributed by atoms with Crippen molar-refractivity contribution >= 4 is 11.8 Å². The second kappa shape index (κ2) is 3.89. The molecule has 0 saturated carbocycles. The van der Waals surface area contributed by atoms with Crippen LogP contribution in [0.1, 0.15) is 28.8 Å². The Morgan fingerprint density at radius 3 is 2.95 bits per heavy atom. The number of hydrogen-bond donors (Lipinski definition) is 0. The molecule has 92 valence electrons. The van der Waals surface area contributed by atoms with Crippen molar-refractivity contribution < 1.29 is 0 Å². The van der Waals surface area contributed by atoms with Crippen molar-refractivity contribution in [3.8, 4) is 11.1 Å². The number of aromatic nitrogens is 1. The van der Waals surface area contributed by atoms with Crippen molar-refractivity contribution in [3.05, 3.63) is 59.4 Å². The van der Waals surface area contributed by atoms with Crippen LogP contribution < -0.4 is 0 Å². The van der Waals surface area contributed by atoms with Gasteiger partial charge in [0.1, 0.15) is 0 Å². The molecule has 0 bridgehead atoms. The number of benzene rings is 1. The summed E-state index contributed by atoms with van der Waals surface area (Å²) >= 11 is 0. The molecule has 1 aliphatic heterocycles. The van der Waals surface area contributed by atoms with Crippen molar-refractivity contribution in [1.29, 1.82) is 0 Å². The first kappa shape index (κ1) is 10.7. The number of fused-ring (bicyclic) bond motifs is 2. The summed E-state index contributed by atoms with van der Waals surface area (Å²) in [4.78, 5) is 8.71. The summed E-state index contributed by atoms with van der Waals surface area (Å²) in [7, 11) is 0. The molecule has 4 rings (SSSR count). The summed E-state index contributed by atoms with van der Waals surface area (Å²) in [6.07, 6.45) is 6.05. The van der Waals surface area contributed by atoms with Crippen LogP contribution in [0.2, 0.25) is 0 Å². The number of hydrogen-bond acceptors (Lipinski definition) is 2. The largest absolute Gasteiger partial charge is 0.286 e. The molecule has 0 radical (unpaired) electrons. The lowest BCUT2D eigenvalue weighted by molar-refractivity contribution is 1.02. The fourth-order valence-electron chi connectivity index (χ4n) is 2.97. The maximum absolute atomic E-state index is 4.39. The lowest BCUT2D eigenvalue weighted by atomic mass is 9.96. The van der Waals surface area contributed by atoms with Crippen LogP contribution in [0.4, 0.5) is 0 Å². The van der Waals surface area contributed by atoms with Crippen LogP contribution in [0.15, 0.2) is 42.0 Å². The van der Waals surface area contributed by atoms with Gasteiger partial charge in [0.05, 0.1) is 12.2 Å². The maximum atomic E-state index is 4.39. The number of allylic oxidation sites excluding steroid dienone is 1. The molecule has 1 aromatic carbocycles. The highest BCUT2D eigenvalue weighted by molar-refractivity contribution is 5.94. The van der Waals surface area contributed by atoms with Crippen molar-refractivity contribution in [3.63, 3.8) is 0 Å². The van der Waals surface area contributed by atoms with E-state index in [9.17, 15) is 0 Å². The van der Waals surface area contributed by atoms with E-state index in [0.717, 1.165) is 18.5 Å². The van der Waals surface area contributed by atoms with Gasteiger partial charge in [0.2, 0.25) is 0 Å². The van der Waals surface area contributed by atoms with Crippen LogP contribution in [0, 0.1) is 0 Å². The summed E-state index contributed by atoms with van der Waals surface area (Å²) in [5.74, 6) is 0. The third-order valence-corrected chi connectivity index (χ3v) is 4.03. The van der Waals surface area contributed by atoms with Gasteiger partial charge in [-0.3, -0.25) is 9.98 Å². The average Bonchev–Trinajstić information content (AvgIpc) is 3.05. The summed E-state index contributed by atoms with van der Waals surface area (Å²) in [6, 6.07) is 8.79. The van der Waals surface area contributed by atoms with E-state index in [-0.39, 0.29) is 0 Å². The van der Waals surface area contributed by atoms with E-state index < -0.39 is 0 Å². The van der Waals surface area contributed by atoms with Gasteiger partial charge in [-0.15, -0.1) is 0 Å². The normalized spacial score (nSPS) is 15.7. The fourth-order valence-corrected chi connectivity index (χ4v) is 2.97. The van der Waals surface area contributed by atoms with Crippen LogP contribution in [0.5, 0.6) is 0 Å². The second-order valence-electron chi connectivity index (χ2n) is 5.16. The smallest absolute Gasteiger partial charge is 0.0818 e. The van der Waals surface area contributed by atoms with Gasteiger partial charge in [0.25, 0.3) is 0 Å². The Balaban J connectivity index is 1.90. The predicted octanol–water partition coefficient (Wildman–Crippen LogP) is 3.64. The molecule has 19 heavy (non-hydrogen) atoms. The van der Waals surface area contributed by atoms with Gasteiger partial charge in [-0.2, -0.15) is 0 Å². The van der Waals surface area contributed by atoms with Gasteiger partial charge in [0.15, 0.2) is 0 Å². The van der Waals surface area contributed by atoms with Crippen molar-refractivity contribution in [2.24, 2.45) is 4.99 Å². The van der Waals surface area contributed by atoms with Gasteiger partial charge in [-0.05, 0) is 52.8 Å². The van der Waals surface area contributed by atoms with E-state index >= 15 is 0 Å². The molecule has 0 saturated heterocycles. The lowest BCUT2D eigenvalue weighted by Gasteiger charge is -2.09. The van der Waals surface area contributed by atoms with E-state index in [0.29, 0.717) is 6.54 Å². The molecule has 0 unspecified atom stereocenters. The summed E-state index contributed by atoms with van der Waals surface area (Å²) in [5, 5.41) is 0. The van der Waals surface area contributed by atoms with Gasteiger partial charge in [-0.1, -0.05) is 18.7 Å². The molecule has 2 aromatic rings. The van der Waals surface area contributed by atoms with Gasteiger partial charge >= 0.3 is 0 Å². The monoisotopic (exact) mass is 246 g/mol. The Labute approximate surface area is 112 Å². The zero-order valence-corrected chi connectivity index (χ0v) is 10.7. The van der Waals surface area contributed by atoms with E-state index in [2.05, 4.69) is 40.8 Å². The van der Waals surface area contributed by atoms with Crippen molar-refractivity contribution in [2.75, 3.05) is 0 Å². The van der Waals surface area contributed by atoms with Crippen LogP contribution in [0.25, 0.3) is 16.7 Å². The molecule has 0 atom stereocenters. The van der Waals surface area contributed by atoms with Crippen molar-refractivity contribution in [2.45, 2.75) is 19.4 Å². The van der Waals surface area contributed by atoms with Gasteiger partial charge in [-0.25, -0.2) is 0 Å². The van der Waals surface area contributed by atoms with Crippen LogP contribution in [0.3, 0.4) is 0 Å². The molecule has 0 fully saturated rings. The van der Waals surface area contributed by atoms with Crippen LogP contribution >= 0.6 is 0 Å². The molecule has 1 aliphatic carbocycles. The molecule has 1 aromatic heterocycles. The fraction of sp³-hybridized carbons (Fsp3) is 0.176. The molecule has 0 spiro atoms. The summed E-state index contributed by atoms with van der Waals surface area (Å²) in [6.45, 7) is 4.87. The highest BCUT2D eigenvalue weighted by atomic mass is 14.8. The minimum absolute atomic E-state index is 0.709. The number of aryl methyl sites for hydroxylation is 1. The molecule has 2 aliphatic rings. The zero-order chi connectivity index (χ0) is 12.8. The Morgan fingerprint density at radius 2 is 2.00 bits per heavy atom. The topological polar surface area (TPSA) is 25.2 Å². The maximum Gasteiger partial charge on any atom is 0.0818 e. The molecular formula is C17H14N2. The van der Waals surface area contributed by atoms with Crippen molar-refractivity contribution in [1.82, 2.24) is 4.98 Å². The summed E-state index contributed by atoms with van der Waals surface area (Å²) < 4.78 is 0. The molecular weight excluding hydrogens is 232 g/mol. The Bertz CT molecular complexity index is 726. The third kappa shape index (κ3) is 1.56. The zero-order valence-electron chi connectivity index (χ0n) is 10.7. The number of pyridine rings is 1. The van der Waals surface area contributed by atoms with Crippen LogP contribution in [-0.4, -0.2) is 11.2 Å². The Hall–Kier alpha value is -2.22. The minimum atomic E-state index is 0.709. The molecule has 2 heterocycles. The number of rotatable bonds is 1. The Kier molecular flexibility index (Phi) is 2.18. The highest BCUT2D eigenvalue weighted by Gasteiger charge is 2.17. The molecule has 0 N–H and O–H groups in total. The first-order chi connectivity index (χ1) is 9.33. The van der Waals surface area contributed by atoms with E-state index in [4.69, 9.17) is 0 Å². The van der Waals surface area contributed by atoms with Crippen LogP contribution in [-0.2, 0) is 13.0 Å². The SMILES string of the molecule is C=C1CCc2ccc(-c3ccnc4c3C=NC4)cc21. The van der Waals surface area contributed by atoms with E-state index in [1.54, 1.807) is 0 Å². The molecule has 2 nitrogen and oxygen atoms in total. The number of nitrogens with zero attached hydrogens (tertiary/aromatic N) is 2. The first-order valence-electron chi connectivity index (χ1n) is 6.62. The molecule has 0 amide bonds. The molecule has 2 heteroatoms. The summed E-state index contributed by atoms with van der Waals surface area (Å²) in [5.41, 5.74) is 8.74. The predicted molar refractivity (Wildman–Crippen MR) is 78.3 cm³/mol. The highest BCUT2D eigenvalue weighted by Crippen LogP contribution is 2.35. The Morgan fingerprint density at radius 1 is 1.05 bits per heavy atom. The van der Waals surface area contributed by atoms with E-state index in [1.165, 1.54) is 33.4 Å². The minimum Gasteiger partial charge on any atom is -0.286 e. The third-order valence-electron chi connectivity index (χ3n) is 4.03. The van der Waals surface area contributed by atoms with Gasteiger partial charge in [0, 0.05) is 18.0 Å². The second-order valence-corrected chi connectivity index (χ2v) is 5.16.